The summed E-state index contributed by atoms with van der Waals surface area (Å²) >= 11 is 0. The number of hydrogen-bond acceptors (Lipinski definition) is 13. The van der Waals surface area contributed by atoms with Gasteiger partial charge in [0.1, 0.15) is 34.8 Å². The molecule has 1 aromatic carbocycles. The first-order valence-electron chi connectivity index (χ1n) is 21.7. The van der Waals surface area contributed by atoms with Crippen molar-refractivity contribution < 1.29 is 55.6 Å². The van der Waals surface area contributed by atoms with Crippen LogP contribution in [0.5, 0.6) is 0 Å². The summed E-state index contributed by atoms with van der Waals surface area (Å²) in [6.07, 6.45) is 7.69. The Morgan fingerprint density at radius 1 is 0.905 bits per heavy atom. The van der Waals surface area contributed by atoms with Gasteiger partial charge < -0.3 is 37.7 Å². The second-order valence-electron chi connectivity index (χ2n) is 17.1. The molecule has 5 rings (SSSR count). The smallest absolute Gasteiger partial charge is 0.333 e. The molecule has 0 spiro atoms. The fraction of sp³-hybridized carbons (Fsp3) is 0.532. The molecule has 1 aliphatic carbocycles. The third-order valence-electron chi connectivity index (χ3n) is 11.1. The summed E-state index contributed by atoms with van der Waals surface area (Å²) in [7, 11) is -3.05. The number of benzene rings is 2. The Hall–Kier alpha value is -4.71. The Kier molecular flexibility index (Phi) is 17.4. The van der Waals surface area contributed by atoms with Gasteiger partial charge >= 0.3 is 5.97 Å². The topological polar surface area (TPSA) is 177 Å². The van der Waals surface area contributed by atoms with E-state index in [1.165, 1.54) is 12.1 Å². The fourth-order valence-corrected chi connectivity index (χ4v) is 8.23. The van der Waals surface area contributed by atoms with Crippen molar-refractivity contribution >= 4 is 39.7 Å². The van der Waals surface area contributed by atoms with Gasteiger partial charge in [0.2, 0.25) is 5.36 Å². The van der Waals surface area contributed by atoms with E-state index >= 15 is 0 Å². The number of rotatable bonds is 23. The van der Waals surface area contributed by atoms with Crippen LogP contribution >= 0.6 is 0 Å². The molecule has 3 heterocycles. The van der Waals surface area contributed by atoms with Crippen molar-refractivity contribution in [1.29, 1.82) is 0 Å². The highest BCUT2D eigenvalue weighted by molar-refractivity contribution is 7.85. The predicted octanol–water partition coefficient (Wildman–Crippen LogP) is 5.94. The number of imide groups is 1. The number of amides is 2. The van der Waals surface area contributed by atoms with Crippen molar-refractivity contribution in [3.8, 4) is 11.3 Å². The van der Waals surface area contributed by atoms with Crippen molar-refractivity contribution in [3.63, 3.8) is 0 Å². The largest absolute Gasteiger partial charge is 0.744 e. The SMILES string of the molecule is CC[N+](CCOCCOCCOCCOC)=c1ccc2c(C(C)(C)C)cc(/C=C/C=C3/N(CCCCCC(=O)ON4C(=O)CCC4=O)c4ccc(S(=O)(=O)[O-])cc4C3(C)C)oc-2c1. The van der Waals surface area contributed by atoms with Gasteiger partial charge in [-0.15, -0.1) is 5.06 Å². The van der Waals surface area contributed by atoms with Crippen LogP contribution in [0.4, 0.5) is 5.69 Å². The molecule has 0 atom stereocenters. The third-order valence-corrected chi connectivity index (χ3v) is 12.0. The third kappa shape index (κ3) is 13.2. The summed E-state index contributed by atoms with van der Waals surface area (Å²) in [5.74, 6) is -0.281. The van der Waals surface area contributed by atoms with Crippen molar-refractivity contribution in [1.82, 2.24) is 9.64 Å². The molecule has 1 fully saturated rings. The Labute approximate surface area is 371 Å². The molecule has 3 aliphatic heterocycles. The van der Waals surface area contributed by atoms with Gasteiger partial charge in [-0.05, 0) is 78.8 Å². The van der Waals surface area contributed by atoms with E-state index in [1.807, 2.05) is 32.1 Å². The molecule has 1 aromatic rings. The first-order valence-corrected chi connectivity index (χ1v) is 23.1. The lowest BCUT2D eigenvalue weighted by Crippen LogP contribution is -2.33. The van der Waals surface area contributed by atoms with Crippen LogP contribution in [0.1, 0.15) is 97.0 Å². The highest BCUT2D eigenvalue weighted by atomic mass is 32.2. The Morgan fingerprint density at radius 2 is 1.57 bits per heavy atom. The number of fused-ring (bicyclic) bond motifs is 2. The van der Waals surface area contributed by atoms with Crippen molar-refractivity contribution in [2.75, 3.05) is 77.9 Å². The van der Waals surface area contributed by atoms with E-state index in [4.69, 9.17) is 28.2 Å². The first-order chi connectivity index (χ1) is 29.9. The average Bonchev–Trinajstić information content (AvgIpc) is 3.65. The van der Waals surface area contributed by atoms with Gasteiger partial charge in [-0.2, -0.15) is 0 Å². The molecule has 0 bridgehead atoms. The monoisotopic (exact) mass is 893 g/mol. The lowest BCUT2D eigenvalue weighted by Gasteiger charge is -2.27. The molecule has 16 heteroatoms. The minimum absolute atomic E-state index is 0.0317. The summed E-state index contributed by atoms with van der Waals surface area (Å²) in [6.45, 7) is 18.2. The minimum Gasteiger partial charge on any atom is -0.744 e. The highest BCUT2D eigenvalue weighted by Gasteiger charge is 2.40. The van der Waals surface area contributed by atoms with Crippen LogP contribution in [0.3, 0.4) is 0 Å². The number of likely N-dealkylation sites (N-methyl/N-ethyl adjacent to an activating group) is 1. The van der Waals surface area contributed by atoms with Gasteiger partial charge in [0.05, 0.1) is 50.6 Å². The summed E-state index contributed by atoms with van der Waals surface area (Å²) in [6, 6.07) is 12.8. The maximum Gasteiger partial charge on any atom is 0.333 e. The molecular formula is C47H63N3O12S. The number of ether oxygens (including phenoxy) is 4. The van der Waals surface area contributed by atoms with Crippen molar-refractivity contribution in [3.05, 3.63) is 82.6 Å². The van der Waals surface area contributed by atoms with E-state index in [1.54, 1.807) is 13.2 Å². The molecular weight excluding hydrogens is 831 g/mol. The molecule has 344 valence electrons. The lowest BCUT2D eigenvalue weighted by molar-refractivity contribution is -0.197. The summed E-state index contributed by atoms with van der Waals surface area (Å²) < 4.78 is 66.9. The standard InChI is InChI=1S/C47H63N3O12S/c1-8-48(23-24-58-27-28-60-30-29-59-26-25-57-7)34-16-18-37-38(46(2,3)4)32-35(61-41(37)31-34)13-12-14-42-47(5,6)39-33-36(63(54,55)56)17-19-40(39)49(42)22-11-9-10-15-45(53)62-50-43(51)20-21-44(50)52/h12-14,16-19,31-33H,8-11,15,20-30H2,1-7H3. The molecule has 15 nitrogen and oxygen atoms in total. The van der Waals surface area contributed by atoms with Crippen molar-refractivity contribution in [2.45, 2.75) is 95.8 Å². The van der Waals surface area contributed by atoms with Crippen LogP contribution in [0.2, 0.25) is 0 Å². The number of unbranched alkanes of at least 4 members (excludes halogenated alkanes) is 2. The molecule has 63 heavy (non-hydrogen) atoms. The van der Waals surface area contributed by atoms with Gasteiger partial charge in [0.25, 0.3) is 11.8 Å². The predicted molar refractivity (Wildman–Crippen MR) is 237 cm³/mol. The van der Waals surface area contributed by atoms with E-state index in [0.717, 1.165) is 40.2 Å². The maximum atomic E-state index is 12.4. The number of carbonyl (C=O) groups is 3. The average molecular weight is 894 g/mol. The second-order valence-corrected chi connectivity index (χ2v) is 18.5. The molecule has 0 N–H and O–H groups in total. The summed E-state index contributed by atoms with van der Waals surface area (Å²) in [5, 5.41) is 1.57. The first kappa shape index (κ1) is 49.3. The molecule has 4 aliphatic rings. The molecule has 1 saturated heterocycles. The number of anilines is 1. The van der Waals surface area contributed by atoms with Crippen LogP contribution < -0.4 is 14.8 Å². The number of methoxy groups -OCH3 is 1. The quantitative estimate of drug-likeness (QED) is 0.0474. The van der Waals surface area contributed by atoms with Gasteiger partial charge in [-0.1, -0.05) is 47.1 Å². The van der Waals surface area contributed by atoms with Crippen LogP contribution in [-0.4, -0.2) is 109 Å². The number of hydrogen-bond donors (Lipinski definition) is 0. The van der Waals surface area contributed by atoms with E-state index in [9.17, 15) is 27.4 Å². The summed E-state index contributed by atoms with van der Waals surface area (Å²) in [5.41, 5.74) is 3.66. The van der Waals surface area contributed by atoms with E-state index in [-0.39, 0.29) is 29.6 Å². The Bertz CT molecular complexity index is 2270. The van der Waals surface area contributed by atoms with Crippen LogP contribution in [0.25, 0.3) is 17.4 Å². The normalized spacial score (nSPS) is 16.5. The Morgan fingerprint density at radius 3 is 2.21 bits per heavy atom. The number of hydroxylamine groups is 2. The van der Waals surface area contributed by atoms with Gasteiger partial charge in [-0.3, -0.25) is 9.59 Å². The van der Waals surface area contributed by atoms with Gasteiger partial charge in [0.15, 0.2) is 6.54 Å². The number of carbonyl (C=O) groups excluding carboxylic acids is 3. The molecule has 0 radical (unpaired) electrons. The number of nitrogens with zero attached hydrogens (tertiary/aromatic N) is 3. The zero-order valence-electron chi connectivity index (χ0n) is 37.7. The maximum absolute atomic E-state index is 12.4. The van der Waals surface area contributed by atoms with E-state index < -0.39 is 33.3 Å². The van der Waals surface area contributed by atoms with Gasteiger partial charge in [-0.25, -0.2) is 17.8 Å². The highest BCUT2D eigenvalue weighted by Crippen LogP contribution is 2.48. The molecule has 0 unspecified atom stereocenters. The van der Waals surface area contributed by atoms with Crippen molar-refractivity contribution in [2.24, 2.45) is 0 Å². The zero-order chi connectivity index (χ0) is 45.8. The summed E-state index contributed by atoms with van der Waals surface area (Å²) in [4.78, 5) is 42.9. The lowest BCUT2D eigenvalue weighted by atomic mass is 9.82. The molecule has 0 saturated carbocycles. The van der Waals surface area contributed by atoms with Crippen LogP contribution in [0, 0.1) is 0 Å². The van der Waals surface area contributed by atoms with Crippen LogP contribution in [-0.2, 0) is 59.1 Å². The van der Waals surface area contributed by atoms with E-state index in [2.05, 4.69) is 61.4 Å². The fourth-order valence-electron chi connectivity index (χ4n) is 7.73. The minimum atomic E-state index is -4.69. The molecule has 2 amide bonds. The van der Waals surface area contributed by atoms with Crippen LogP contribution in [0.15, 0.2) is 69.6 Å². The number of allylic oxidation sites excluding steroid dienone is 3. The second kappa shape index (κ2) is 22.3. The van der Waals surface area contributed by atoms with Gasteiger partial charge in [0, 0.05) is 61.3 Å². The zero-order valence-corrected chi connectivity index (χ0v) is 38.6. The van der Waals surface area contributed by atoms with E-state index in [0.29, 0.717) is 95.0 Å². The molecule has 0 aromatic heterocycles. The Balaban J connectivity index is 1.33.